The summed E-state index contributed by atoms with van der Waals surface area (Å²) in [5.41, 5.74) is 7.82. The van der Waals surface area contributed by atoms with Crippen LogP contribution < -0.4 is 10.5 Å². The van der Waals surface area contributed by atoms with Gasteiger partial charge < -0.3 is 15.4 Å². The molecule has 8 heteroatoms. The molecule has 1 aromatic carbocycles. The summed E-state index contributed by atoms with van der Waals surface area (Å²) in [6, 6.07) is 8.00. The summed E-state index contributed by atoms with van der Waals surface area (Å²) in [5, 5.41) is 2.89. The third-order valence-electron chi connectivity index (χ3n) is 4.11. The molecule has 1 aliphatic heterocycles. The number of halogens is 2. The Kier molecular flexibility index (Phi) is 9.36. The molecule has 1 amide bonds. The third kappa shape index (κ3) is 5.84. The topological polar surface area (TPSA) is 68.5 Å². The Balaban J connectivity index is 0.00000169. The molecule has 144 valence electrons. The van der Waals surface area contributed by atoms with Crippen molar-refractivity contribution in [1.29, 1.82) is 0 Å². The van der Waals surface area contributed by atoms with E-state index in [4.69, 9.17) is 10.5 Å². The number of likely N-dealkylation sites (tertiary alicyclic amines) is 1. The fourth-order valence-corrected chi connectivity index (χ4v) is 3.71. The molecule has 1 fully saturated rings. The van der Waals surface area contributed by atoms with Gasteiger partial charge in [-0.05, 0) is 44.0 Å². The van der Waals surface area contributed by atoms with E-state index >= 15 is 0 Å². The maximum Gasteiger partial charge on any atom is 0.228 e. The van der Waals surface area contributed by atoms with Gasteiger partial charge in [-0.3, -0.25) is 4.79 Å². The number of benzene rings is 1. The molecule has 0 saturated carbocycles. The highest BCUT2D eigenvalue weighted by molar-refractivity contribution is 7.13. The maximum atomic E-state index is 12.4. The van der Waals surface area contributed by atoms with E-state index in [9.17, 15) is 4.79 Å². The lowest BCUT2D eigenvalue weighted by Gasteiger charge is -2.30. The number of piperidine rings is 1. The number of nitrogens with zero attached hydrogens (tertiary/aromatic N) is 2. The number of rotatable bonds is 5. The van der Waals surface area contributed by atoms with Crippen molar-refractivity contribution < 1.29 is 9.53 Å². The Labute approximate surface area is 170 Å². The predicted octanol–water partition coefficient (Wildman–Crippen LogP) is 3.54. The Bertz CT molecular complexity index is 694. The van der Waals surface area contributed by atoms with E-state index in [1.165, 1.54) is 0 Å². The molecule has 0 aliphatic carbocycles. The van der Waals surface area contributed by atoms with Crippen LogP contribution in [-0.4, -0.2) is 41.5 Å². The van der Waals surface area contributed by atoms with Crippen LogP contribution in [0.25, 0.3) is 10.6 Å². The van der Waals surface area contributed by atoms with Gasteiger partial charge in [0.25, 0.3) is 0 Å². The number of aromatic nitrogens is 1. The summed E-state index contributed by atoms with van der Waals surface area (Å²) in [7, 11) is 0. The first kappa shape index (κ1) is 22.7. The van der Waals surface area contributed by atoms with Gasteiger partial charge in [0, 0.05) is 30.1 Å². The summed E-state index contributed by atoms with van der Waals surface area (Å²) < 4.78 is 5.45. The molecule has 0 radical (unpaired) electrons. The number of thiazole rings is 1. The zero-order valence-electron chi connectivity index (χ0n) is 14.7. The summed E-state index contributed by atoms with van der Waals surface area (Å²) >= 11 is 1.56. The van der Waals surface area contributed by atoms with E-state index in [1.807, 2.05) is 41.5 Å². The lowest BCUT2D eigenvalue weighted by Crippen LogP contribution is -2.46. The van der Waals surface area contributed by atoms with Crippen molar-refractivity contribution in [3.63, 3.8) is 0 Å². The zero-order chi connectivity index (χ0) is 16.9. The molecule has 2 N–H and O–H groups in total. The average molecular weight is 418 g/mol. The second-order valence-corrected chi connectivity index (χ2v) is 6.88. The molecule has 1 aromatic heterocycles. The van der Waals surface area contributed by atoms with E-state index in [2.05, 4.69) is 4.98 Å². The van der Waals surface area contributed by atoms with Crippen molar-refractivity contribution in [2.24, 2.45) is 5.73 Å². The van der Waals surface area contributed by atoms with Gasteiger partial charge in [-0.15, -0.1) is 36.2 Å². The van der Waals surface area contributed by atoms with Gasteiger partial charge in [0.1, 0.15) is 10.8 Å². The van der Waals surface area contributed by atoms with Crippen molar-refractivity contribution in [1.82, 2.24) is 9.88 Å². The van der Waals surface area contributed by atoms with Gasteiger partial charge in [-0.1, -0.05) is 0 Å². The smallest absolute Gasteiger partial charge is 0.228 e. The van der Waals surface area contributed by atoms with E-state index in [0.717, 1.165) is 41.4 Å². The standard InChI is InChI=1S/C18H23N3O2S.2ClH/c1-2-23-16-7-5-13(6-8-16)18-20-15(12-24-18)10-17(22)21-9-3-4-14(19)11-21;;/h5-8,12,14H,2-4,9-11,19H2,1H3;2*1H. The van der Waals surface area contributed by atoms with Crippen molar-refractivity contribution in [2.45, 2.75) is 32.2 Å². The highest BCUT2D eigenvalue weighted by Crippen LogP contribution is 2.26. The molecule has 0 spiro atoms. The van der Waals surface area contributed by atoms with E-state index < -0.39 is 0 Å². The van der Waals surface area contributed by atoms with Crippen LogP contribution >= 0.6 is 36.2 Å². The lowest BCUT2D eigenvalue weighted by molar-refractivity contribution is -0.131. The summed E-state index contributed by atoms with van der Waals surface area (Å²) in [4.78, 5) is 18.9. The van der Waals surface area contributed by atoms with Crippen molar-refractivity contribution >= 4 is 42.1 Å². The van der Waals surface area contributed by atoms with Crippen LogP contribution in [0.15, 0.2) is 29.6 Å². The third-order valence-corrected chi connectivity index (χ3v) is 5.05. The van der Waals surface area contributed by atoms with Crippen LogP contribution in [0.4, 0.5) is 0 Å². The average Bonchev–Trinajstić information content (AvgIpc) is 3.04. The van der Waals surface area contributed by atoms with Crippen LogP contribution in [0.5, 0.6) is 5.75 Å². The minimum Gasteiger partial charge on any atom is -0.494 e. The Morgan fingerprint density at radius 3 is 2.73 bits per heavy atom. The van der Waals surface area contributed by atoms with Gasteiger partial charge in [0.05, 0.1) is 18.7 Å². The quantitative estimate of drug-likeness (QED) is 0.807. The number of amides is 1. The molecule has 2 heterocycles. The first-order chi connectivity index (χ1) is 11.7. The van der Waals surface area contributed by atoms with Gasteiger partial charge in [-0.25, -0.2) is 4.98 Å². The number of hydrogen-bond acceptors (Lipinski definition) is 5. The van der Waals surface area contributed by atoms with Crippen LogP contribution in [-0.2, 0) is 11.2 Å². The lowest BCUT2D eigenvalue weighted by atomic mass is 10.1. The van der Waals surface area contributed by atoms with Gasteiger partial charge in [-0.2, -0.15) is 0 Å². The van der Waals surface area contributed by atoms with Crippen LogP contribution in [0.2, 0.25) is 0 Å². The molecule has 3 rings (SSSR count). The number of ether oxygens (including phenoxy) is 1. The van der Waals surface area contributed by atoms with Crippen LogP contribution in [0.1, 0.15) is 25.5 Å². The fraction of sp³-hybridized carbons (Fsp3) is 0.444. The molecule has 1 atom stereocenters. The van der Waals surface area contributed by atoms with Crippen LogP contribution in [0, 0.1) is 0 Å². The number of hydrogen-bond donors (Lipinski definition) is 1. The first-order valence-corrected chi connectivity index (χ1v) is 9.24. The summed E-state index contributed by atoms with van der Waals surface area (Å²) in [6.45, 7) is 4.09. The van der Waals surface area contributed by atoms with Gasteiger partial charge in [0.15, 0.2) is 0 Å². The van der Waals surface area contributed by atoms with E-state index in [0.29, 0.717) is 19.6 Å². The number of carbonyl (C=O) groups excluding carboxylic acids is 1. The molecule has 0 bridgehead atoms. The fourth-order valence-electron chi connectivity index (χ4n) is 2.88. The molecular formula is C18H25Cl2N3O2S. The van der Waals surface area contributed by atoms with Crippen molar-refractivity contribution in [3.8, 4) is 16.3 Å². The van der Waals surface area contributed by atoms with Gasteiger partial charge >= 0.3 is 0 Å². The van der Waals surface area contributed by atoms with Crippen LogP contribution in [0.3, 0.4) is 0 Å². The molecular weight excluding hydrogens is 393 g/mol. The SMILES string of the molecule is CCOc1ccc(-c2nc(CC(=O)N3CCCC(N)C3)cs2)cc1.Cl.Cl. The molecule has 1 unspecified atom stereocenters. The van der Waals surface area contributed by atoms with Crippen molar-refractivity contribution in [2.75, 3.05) is 19.7 Å². The normalized spacial score (nSPS) is 16.4. The van der Waals surface area contributed by atoms with E-state index in [-0.39, 0.29) is 36.8 Å². The molecule has 2 aromatic rings. The Morgan fingerprint density at radius 2 is 2.08 bits per heavy atom. The van der Waals surface area contributed by atoms with Gasteiger partial charge in [0.2, 0.25) is 5.91 Å². The minimum atomic E-state index is 0. The highest BCUT2D eigenvalue weighted by atomic mass is 35.5. The molecule has 1 aliphatic rings. The number of carbonyl (C=O) groups is 1. The second kappa shape index (κ2) is 10.7. The summed E-state index contributed by atoms with van der Waals surface area (Å²) in [5.74, 6) is 0.975. The zero-order valence-corrected chi connectivity index (χ0v) is 17.2. The first-order valence-electron chi connectivity index (χ1n) is 8.36. The Morgan fingerprint density at radius 1 is 1.35 bits per heavy atom. The van der Waals surface area contributed by atoms with E-state index in [1.54, 1.807) is 11.3 Å². The molecule has 5 nitrogen and oxygen atoms in total. The predicted molar refractivity (Wildman–Crippen MR) is 111 cm³/mol. The molecule has 1 saturated heterocycles. The maximum absolute atomic E-state index is 12.4. The highest BCUT2D eigenvalue weighted by Gasteiger charge is 2.22. The minimum absolute atomic E-state index is 0. The Hall–Kier alpha value is -1.34. The molecule has 26 heavy (non-hydrogen) atoms. The summed E-state index contributed by atoms with van der Waals surface area (Å²) in [6.07, 6.45) is 2.34. The number of nitrogens with two attached hydrogens (primary N) is 1. The monoisotopic (exact) mass is 417 g/mol. The largest absolute Gasteiger partial charge is 0.494 e. The second-order valence-electron chi connectivity index (χ2n) is 6.02. The van der Waals surface area contributed by atoms with Crippen molar-refractivity contribution in [3.05, 3.63) is 35.3 Å².